The lowest BCUT2D eigenvalue weighted by atomic mass is 10.1. The predicted octanol–water partition coefficient (Wildman–Crippen LogP) is 1.81. The molecular formula is C21H22N6O2. The van der Waals surface area contributed by atoms with E-state index in [1.54, 1.807) is 0 Å². The van der Waals surface area contributed by atoms with Crippen LogP contribution in [0.5, 0.6) is 5.88 Å². The number of para-hydroxylation sites is 1. The van der Waals surface area contributed by atoms with Crippen LogP contribution in [0.25, 0.3) is 10.9 Å². The number of rotatable bonds is 4. The van der Waals surface area contributed by atoms with E-state index in [0.29, 0.717) is 12.4 Å². The Morgan fingerprint density at radius 2 is 2.17 bits per heavy atom. The van der Waals surface area contributed by atoms with Crippen molar-refractivity contribution in [2.24, 2.45) is 0 Å². The second kappa shape index (κ2) is 7.71. The van der Waals surface area contributed by atoms with Crippen molar-refractivity contribution in [2.75, 3.05) is 19.7 Å². The summed E-state index contributed by atoms with van der Waals surface area (Å²) in [5, 5.41) is 4.13. The maximum atomic E-state index is 12.9. The van der Waals surface area contributed by atoms with E-state index >= 15 is 0 Å². The molecule has 8 heteroatoms. The molecule has 3 aromatic rings. The number of carbonyl (C=O) groups is 1. The molecule has 8 nitrogen and oxygen atoms in total. The zero-order chi connectivity index (χ0) is 19.6. The minimum atomic E-state index is -0.0894. The Morgan fingerprint density at radius 1 is 1.24 bits per heavy atom. The van der Waals surface area contributed by atoms with Gasteiger partial charge in [-0.15, -0.1) is 0 Å². The largest absolute Gasteiger partial charge is 0.467 e. The van der Waals surface area contributed by atoms with E-state index in [1.807, 2.05) is 35.4 Å². The molecule has 0 aliphatic carbocycles. The quantitative estimate of drug-likeness (QED) is 0.726. The summed E-state index contributed by atoms with van der Waals surface area (Å²) in [6.07, 6.45) is 6.06. The van der Waals surface area contributed by atoms with Gasteiger partial charge in [-0.3, -0.25) is 4.79 Å². The Hall–Kier alpha value is -3.13. The topological polar surface area (TPSA) is 93.1 Å². The molecule has 5 rings (SSSR count). The van der Waals surface area contributed by atoms with Gasteiger partial charge >= 0.3 is 0 Å². The molecule has 4 heterocycles. The van der Waals surface area contributed by atoms with Crippen LogP contribution in [-0.4, -0.2) is 50.4 Å². The van der Waals surface area contributed by atoms with Gasteiger partial charge in [-0.2, -0.15) is 0 Å². The molecule has 2 aliphatic heterocycles. The fourth-order valence-electron chi connectivity index (χ4n) is 4.05. The molecule has 2 aromatic heterocycles. The van der Waals surface area contributed by atoms with Crippen molar-refractivity contribution in [2.45, 2.75) is 31.8 Å². The first kappa shape index (κ1) is 17.9. The zero-order valence-corrected chi connectivity index (χ0v) is 16.0. The van der Waals surface area contributed by atoms with Gasteiger partial charge < -0.3 is 15.0 Å². The van der Waals surface area contributed by atoms with E-state index in [2.05, 4.69) is 20.3 Å². The Balaban J connectivity index is 1.31. The normalized spacial score (nSPS) is 18.6. The van der Waals surface area contributed by atoms with Crippen molar-refractivity contribution >= 4 is 16.8 Å². The number of benzene rings is 1. The van der Waals surface area contributed by atoms with Crippen molar-refractivity contribution in [1.29, 1.82) is 0 Å². The lowest BCUT2D eigenvalue weighted by Crippen LogP contribution is -2.35. The van der Waals surface area contributed by atoms with Gasteiger partial charge in [0.05, 0.1) is 16.9 Å². The highest BCUT2D eigenvalue weighted by Gasteiger charge is 2.32. The summed E-state index contributed by atoms with van der Waals surface area (Å²) in [5.74, 6) is 1.10. The number of fused-ring (bicyclic) bond motifs is 2. The highest BCUT2D eigenvalue weighted by molar-refractivity contribution is 5.84. The van der Waals surface area contributed by atoms with E-state index in [1.165, 1.54) is 6.33 Å². The second-order valence-electron chi connectivity index (χ2n) is 7.36. The molecule has 1 atom stereocenters. The molecule has 0 saturated carbocycles. The summed E-state index contributed by atoms with van der Waals surface area (Å²) in [4.78, 5) is 32.5. The van der Waals surface area contributed by atoms with Gasteiger partial charge in [0.1, 0.15) is 6.33 Å². The van der Waals surface area contributed by atoms with E-state index in [0.717, 1.165) is 60.3 Å². The number of nitrogens with one attached hydrogen (secondary N) is 1. The van der Waals surface area contributed by atoms with Crippen LogP contribution >= 0.6 is 0 Å². The van der Waals surface area contributed by atoms with Crippen molar-refractivity contribution < 1.29 is 9.53 Å². The third-order valence-electron chi connectivity index (χ3n) is 5.54. The Kier molecular flexibility index (Phi) is 4.77. The Morgan fingerprint density at radius 3 is 3.14 bits per heavy atom. The van der Waals surface area contributed by atoms with Crippen LogP contribution in [0.2, 0.25) is 0 Å². The summed E-state index contributed by atoms with van der Waals surface area (Å²) in [6, 6.07) is 7.51. The third kappa shape index (κ3) is 3.51. The van der Waals surface area contributed by atoms with Gasteiger partial charge in [0.2, 0.25) is 5.88 Å². The van der Waals surface area contributed by atoms with Crippen LogP contribution in [0.4, 0.5) is 0 Å². The van der Waals surface area contributed by atoms with Crippen LogP contribution in [0.15, 0.2) is 36.8 Å². The summed E-state index contributed by atoms with van der Waals surface area (Å²) >= 11 is 0. The number of amides is 1. The van der Waals surface area contributed by atoms with Gasteiger partial charge in [-0.25, -0.2) is 19.9 Å². The van der Waals surface area contributed by atoms with E-state index in [4.69, 9.17) is 9.72 Å². The number of carbonyl (C=O) groups excluding carboxylic acids is 1. The van der Waals surface area contributed by atoms with Crippen molar-refractivity contribution in [3.63, 3.8) is 0 Å². The minimum absolute atomic E-state index is 0.0631. The second-order valence-corrected chi connectivity index (χ2v) is 7.36. The number of likely N-dealkylation sites (tertiary alicyclic amines) is 1. The summed E-state index contributed by atoms with van der Waals surface area (Å²) in [5.41, 5.74) is 3.03. The van der Waals surface area contributed by atoms with Crippen LogP contribution < -0.4 is 10.1 Å². The SMILES string of the molecule is O=C(COc1ncnc2ccccc12)N1CCCC1c1ncc2c(n1)CCNC2. The molecule has 1 unspecified atom stereocenters. The van der Waals surface area contributed by atoms with Crippen molar-refractivity contribution in [3.05, 3.63) is 53.9 Å². The first-order valence-electron chi connectivity index (χ1n) is 9.97. The van der Waals surface area contributed by atoms with E-state index in [9.17, 15) is 4.79 Å². The molecule has 2 aliphatic rings. The zero-order valence-electron chi connectivity index (χ0n) is 16.0. The molecule has 0 spiro atoms. The monoisotopic (exact) mass is 390 g/mol. The number of aromatic nitrogens is 4. The maximum absolute atomic E-state index is 12.9. The molecule has 1 N–H and O–H groups in total. The fraction of sp³-hybridized carbons (Fsp3) is 0.381. The molecule has 29 heavy (non-hydrogen) atoms. The molecular weight excluding hydrogens is 368 g/mol. The van der Waals surface area contributed by atoms with Gasteiger partial charge in [0, 0.05) is 43.5 Å². The number of ether oxygens (including phenoxy) is 1. The number of hydrogen-bond donors (Lipinski definition) is 1. The fourth-order valence-corrected chi connectivity index (χ4v) is 4.05. The highest BCUT2D eigenvalue weighted by Crippen LogP contribution is 2.31. The van der Waals surface area contributed by atoms with Gasteiger partial charge in [-0.05, 0) is 25.0 Å². The average Bonchev–Trinajstić information content (AvgIpc) is 3.27. The highest BCUT2D eigenvalue weighted by atomic mass is 16.5. The van der Waals surface area contributed by atoms with E-state index in [-0.39, 0.29) is 18.6 Å². The molecule has 1 saturated heterocycles. The lowest BCUT2D eigenvalue weighted by Gasteiger charge is -2.25. The molecule has 148 valence electrons. The van der Waals surface area contributed by atoms with Gasteiger partial charge in [-0.1, -0.05) is 12.1 Å². The van der Waals surface area contributed by atoms with Crippen LogP contribution in [0.1, 0.15) is 36.0 Å². The standard InChI is InChI=1S/C21H22N6O2/c28-19(12-29-21-15-4-1-2-5-17(15)24-13-25-21)27-9-3-6-18(27)20-23-11-14-10-22-8-7-16(14)26-20/h1-2,4-5,11,13,18,22H,3,6-10,12H2. The van der Waals surface area contributed by atoms with Gasteiger partial charge in [0.15, 0.2) is 12.4 Å². The number of hydrogen-bond acceptors (Lipinski definition) is 7. The maximum Gasteiger partial charge on any atom is 0.261 e. The predicted molar refractivity (Wildman–Crippen MR) is 106 cm³/mol. The molecule has 1 amide bonds. The molecule has 1 fully saturated rings. The summed E-state index contributed by atoms with van der Waals surface area (Å²) in [6.45, 7) is 2.37. The minimum Gasteiger partial charge on any atom is -0.467 e. The molecule has 0 radical (unpaired) electrons. The van der Waals surface area contributed by atoms with E-state index < -0.39 is 0 Å². The third-order valence-corrected chi connectivity index (χ3v) is 5.54. The van der Waals surface area contributed by atoms with Crippen LogP contribution in [0.3, 0.4) is 0 Å². The molecule has 1 aromatic carbocycles. The van der Waals surface area contributed by atoms with Crippen molar-refractivity contribution in [1.82, 2.24) is 30.2 Å². The lowest BCUT2D eigenvalue weighted by molar-refractivity contribution is -0.134. The van der Waals surface area contributed by atoms with Gasteiger partial charge in [0.25, 0.3) is 5.91 Å². The Labute approximate surface area is 168 Å². The Bertz CT molecular complexity index is 1050. The first-order valence-corrected chi connectivity index (χ1v) is 9.97. The van der Waals surface area contributed by atoms with Crippen LogP contribution in [0, 0.1) is 0 Å². The molecule has 0 bridgehead atoms. The van der Waals surface area contributed by atoms with Crippen LogP contribution in [-0.2, 0) is 17.8 Å². The number of nitrogens with zero attached hydrogens (tertiary/aromatic N) is 5. The smallest absolute Gasteiger partial charge is 0.261 e. The summed E-state index contributed by atoms with van der Waals surface area (Å²) in [7, 11) is 0. The van der Waals surface area contributed by atoms with Crippen molar-refractivity contribution in [3.8, 4) is 5.88 Å². The first-order chi connectivity index (χ1) is 14.3. The average molecular weight is 390 g/mol. The summed E-state index contributed by atoms with van der Waals surface area (Å²) < 4.78 is 5.78.